The molecule has 0 saturated heterocycles. The Balaban J connectivity index is 1.98. The highest BCUT2D eigenvalue weighted by Gasteiger charge is 2.27. The molecule has 0 saturated carbocycles. The van der Waals surface area contributed by atoms with Crippen molar-refractivity contribution in [3.63, 3.8) is 0 Å². The molecule has 0 bridgehead atoms. The molecule has 28 heavy (non-hydrogen) atoms. The van der Waals surface area contributed by atoms with E-state index in [1.807, 2.05) is 19.1 Å². The number of hydrogen-bond acceptors (Lipinski definition) is 6. The first kappa shape index (κ1) is 21.2. The maximum atomic E-state index is 12.6. The van der Waals surface area contributed by atoms with Gasteiger partial charge in [-0.05, 0) is 50.5 Å². The van der Waals surface area contributed by atoms with Crippen molar-refractivity contribution in [3.05, 3.63) is 52.3 Å². The lowest BCUT2D eigenvalue weighted by molar-refractivity contribution is -0.148. The van der Waals surface area contributed by atoms with E-state index in [0.29, 0.717) is 22.6 Å². The molecule has 0 fully saturated rings. The van der Waals surface area contributed by atoms with Crippen LogP contribution in [0.5, 0.6) is 5.75 Å². The Kier molecular flexibility index (Phi) is 6.98. The first-order chi connectivity index (χ1) is 13.3. The zero-order chi connectivity index (χ0) is 20.8. The summed E-state index contributed by atoms with van der Waals surface area (Å²) in [6, 6.07) is 7.39. The van der Waals surface area contributed by atoms with Gasteiger partial charge in [-0.15, -0.1) is 0 Å². The largest absolute Gasteiger partial charge is 0.482 e. The monoisotopic (exact) mass is 387 g/mol. The van der Waals surface area contributed by atoms with E-state index in [9.17, 15) is 14.4 Å². The Morgan fingerprint density at radius 2 is 1.75 bits per heavy atom. The molecule has 2 rings (SSSR count). The van der Waals surface area contributed by atoms with Crippen LogP contribution in [0.1, 0.15) is 51.5 Å². The van der Waals surface area contributed by atoms with Gasteiger partial charge in [0, 0.05) is 5.69 Å². The van der Waals surface area contributed by atoms with Gasteiger partial charge in [0.1, 0.15) is 5.75 Å². The fourth-order valence-electron chi connectivity index (χ4n) is 2.86. The number of ether oxygens (including phenoxy) is 3. The van der Waals surface area contributed by atoms with Crippen LogP contribution in [0, 0.1) is 13.8 Å². The van der Waals surface area contributed by atoms with Crippen LogP contribution in [0.4, 0.5) is 0 Å². The number of methoxy groups -OCH3 is 1. The van der Waals surface area contributed by atoms with Gasteiger partial charge in [-0.25, -0.2) is 9.59 Å². The molecule has 150 valence electrons. The van der Waals surface area contributed by atoms with Gasteiger partial charge in [0.05, 0.1) is 18.4 Å². The summed E-state index contributed by atoms with van der Waals surface area (Å²) in [4.78, 5) is 39.4. The van der Waals surface area contributed by atoms with Crippen LogP contribution in [-0.4, -0.2) is 42.5 Å². The summed E-state index contributed by atoms with van der Waals surface area (Å²) in [5, 5.41) is 0. The van der Waals surface area contributed by atoms with E-state index in [1.165, 1.54) is 14.0 Å². The molecule has 0 amide bonds. The van der Waals surface area contributed by atoms with Gasteiger partial charge in [0.25, 0.3) is 0 Å². The molecular formula is C21H25NO6. The summed E-state index contributed by atoms with van der Waals surface area (Å²) in [6.45, 7) is 6.53. The third-order valence-corrected chi connectivity index (χ3v) is 4.44. The molecule has 0 radical (unpaired) electrons. The third kappa shape index (κ3) is 4.79. The van der Waals surface area contributed by atoms with Crippen molar-refractivity contribution in [3.8, 4) is 5.75 Å². The summed E-state index contributed by atoms with van der Waals surface area (Å²) in [6.07, 6.45) is -0.113. The number of nitrogens with one attached hydrogen (secondary N) is 1. The van der Waals surface area contributed by atoms with E-state index >= 15 is 0 Å². The number of aryl methyl sites for hydroxylation is 2. The minimum Gasteiger partial charge on any atom is -0.482 e. The molecule has 0 aliphatic heterocycles. The van der Waals surface area contributed by atoms with Crippen molar-refractivity contribution in [1.82, 2.24) is 4.98 Å². The number of ketones is 1. The van der Waals surface area contributed by atoms with Gasteiger partial charge in [-0.1, -0.05) is 19.1 Å². The lowest BCUT2D eigenvalue weighted by Crippen LogP contribution is -2.28. The van der Waals surface area contributed by atoms with Crippen molar-refractivity contribution in [2.75, 3.05) is 13.7 Å². The average molecular weight is 387 g/mol. The second-order valence-corrected chi connectivity index (χ2v) is 6.40. The quantitative estimate of drug-likeness (QED) is 0.552. The standard InChI is InChI=1S/C21H25NO6/c1-6-15-7-9-16(10-8-15)27-11-17(23)28-14(4)20(24)19-12(2)18(13(3)22-19)21(25)26-5/h7-10,14,22H,6,11H2,1-5H3. The molecule has 1 N–H and O–H groups in total. The summed E-state index contributed by atoms with van der Waals surface area (Å²) in [7, 11) is 1.27. The number of hydrogen-bond donors (Lipinski definition) is 1. The van der Waals surface area contributed by atoms with E-state index in [2.05, 4.69) is 4.98 Å². The predicted molar refractivity (Wildman–Crippen MR) is 103 cm³/mol. The molecule has 1 aromatic carbocycles. The van der Waals surface area contributed by atoms with Crippen LogP contribution in [0.25, 0.3) is 0 Å². The van der Waals surface area contributed by atoms with Crippen molar-refractivity contribution in [2.24, 2.45) is 0 Å². The normalized spacial score (nSPS) is 11.6. The van der Waals surface area contributed by atoms with Crippen LogP contribution in [0.15, 0.2) is 24.3 Å². The molecule has 0 aliphatic carbocycles. The number of aromatic nitrogens is 1. The molecule has 1 unspecified atom stereocenters. The highest BCUT2D eigenvalue weighted by Crippen LogP contribution is 2.21. The fourth-order valence-corrected chi connectivity index (χ4v) is 2.86. The highest BCUT2D eigenvalue weighted by atomic mass is 16.6. The Hall–Kier alpha value is -3.09. The molecular weight excluding hydrogens is 362 g/mol. The summed E-state index contributed by atoms with van der Waals surface area (Å²) in [5.41, 5.74) is 2.67. The molecule has 0 aliphatic rings. The van der Waals surface area contributed by atoms with Crippen LogP contribution in [0.2, 0.25) is 0 Å². The maximum absolute atomic E-state index is 12.6. The van der Waals surface area contributed by atoms with Crippen LogP contribution < -0.4 is 4.74 Å². The summed E-state index contributed by atoms with van der Waals surface area (Å²) in [5.74, 6) is -1.07. The van der Waals surface area contributed by atoms with E-state index in [1.54, 1.807) is 26.0 Å². The second kappa shape index (κ2) is 9.21. The lowest BCUT2D eigenvalue weighted by Gasteiger charge is -2.13. The van der Waals surface area contributed by atoms with E-state index in [4.69, 9.17) is 14.2 Å². The molecule has 0 spiro atoms. The zero-order valence-corrected chi connectivity index (χ0v) is 16.8. The summed E-state index contributed by atoms with van der Waals surface area (Å²) < 4.78 is 15.3. The third-order valence-electron chi connectivity index (χ3n) is 4.44. The molecule has 7 nitrogen and oxygen atoms in total. The Morgan fingerprint density at radius 3 is 2.32 bits per heavy atom. The average Bonchev–Trinajstić information content (AvgIpc) is 2.99. The molecule has 2 aromatic rings. The molecule has 1 atom stereocenters. The number of benzene rings is 1. The van der Waals surface area contributed by atoms with Crippen LogP contribution in [0.3, 0.4) is 0 Å². The number of esters is 2. The molecule has 1 aromatic heterocycles. The minimum atomic E-state index is -1.03. The van der Waals surface area contributed by atoms with E-state index in [0.717, 1.165) is 12.0 Å². The molecule has 7 heteroatoms. The van der Waals surface area contributed by atoms with Gasteiger partial charge in [-0.3, -0.25) is 4.79 Å². The Bertz CT molecular complexity index is 866. The number of aromatic amines is 1. The first-order valence-electron chi connectivity index (χ1n) is 9.01. The fraction of sp³-hybridized carbons (Fsp3) is 0.381. The van der Waals surface area contributed by atoms with Crippen molar-refractivity contribution >= 4 is 17.7 Å². The highest BCUT2D eigenvalue weighted by molar-refractivity contribution is 6.03. The van der Waals surface area contributed by atoms with Crippen LogP contribution in [-0.2, 0) is 20.7 Å². The van der Waals surface area contributed by atoms with Gasteiger partial charge in [-0.2, -0.15) is 0 Å². The molecule has 1 heterocycles. The lowest BCUT2D eigenvalue weighted by atomic mass is 10.1. The number of carbonyl (C=O) groups is 3. The van der Waals surface area contributed by atoms with Crippen molar-refractivity contribution in [2.45, 2.75) is 40.2 Å². The van der Waals surface area contributed by atoms with Crippen molar-refractivity contribution < 1.29 is 28.6 Å². The van der Waals surface area contributed by atoms with Gasteiger partial charge >= 0.3 is 11.9 Å². The number of carbonyl (C=O) groups excluding carboxylic acids is 3. The van der Waals surface area contributed by atoms with E-state index in [-0.39, 0.29) is 12.3 Å². The summed E-state index contributed by atoms with van der Waals surface area (Å²) >= 11 is 0. The Labute approximate surface area is 164 Å². The van der Waals surface area contributed by atoms with Gasteiger partial charge < -0.3 is 19.2 Å². The first-order valence-corrected chi connectivity index (χ1v) is 9.01. The Morgan fingerprint density at radius 1 is 1.11 bits per heavy atom. The van der Waals surface area contributed by atoms with Crippen LogP contribution >= 0.6 is 0 Å². The minimum absolute atomic E-state index is 0.217. The van der Waals surface area contributed by atoms with Crippen molar-refractivity contribution in [1.29, 1.82) is 0 Å². The topological polar surface area (TPSA) is 94.7 Å². The second-order valence-electron chi connectivity index (χ2n) is 6.40. The van der Waals surface area contributed by atoms with E-state index < -0.39 is 23.8 Å². The maximum Gasteiger partial charge on any atom is 0.344 e. The SMILES string of the molecule is CCc1ccc(OCC(=O)OC(C)C(=O)c2[nH]c(C)c(C(=O)OC)c2C)cc1. The smallest absolute Gasteiger partial charge is 0.344 e. The number of H-pyrrole nitrogens is 1. The zero-order valence-electron chi connectivity index (χ0n) is 16.8. The number of rotatable bonds is 8. The van der Waals surface area contributed by atoms with Gasteiger partial charge in [0.15, 0.2) is 12.7 Å². The van der Waals surface area contributed by atoms with Gasteiger partial charge in [0.2, 0.25) is 5.78 Å². The predicted octanol–water partition coefficient (Wildman–Crippen LogP) is 3.17. The number of Topliss-reactive ketones (excluding diaryl/α,β-unsaturated/α-hetero) is 1.